The van der Waals surface area contributed by atoms with Crippen LogP contribution in [0.15, 0.2) is 24.3 Å². The number of urea groups is 1. The number of carbonyl (C=O) groups is 2. The number of likely N-dealkylation sites (tertiary alicyclic amines) is 2. The predicted octanol–water partition coefficient (Wildman–Crippen LogP) is 1.84. The molecule has 7 heteroatoms. The second-order valence-corrected chi connectivity index (χ2v) is 9.53. The molecule has 0 aliphatic carbocycles. The van der Waals surface area contributed by atoms with Crippen LogP contribution >= 0.6 is 0 Å². The van der Waals surface area contributed by atoms with Crippen LogP contribution < -0.4 is 5.32 Å². The maximum Gasteiger partial charge on any atom is 0.317 e. The molecule has 0 unspecified atom stereocenters. The van der Waals surface area contributed by atoms with Crippen molar-refractivity contribution in [1.29, 1.82) is 0 Å². The van der Waals surface area contributed by atoms with Gasteiger partial charge in [-0.15, -0.1) is 0 Å². The fraction of sp³-hybridized carbons (Fsp3) is 0.667. The van der Waals surface area contributed by atoms with Gasteiger partial charge in [0.2, 0.25) is 5.91 Å². The lowest BCUT2D eigenvalue weighted by atomic mass is 9.95. The summed E-state index contributed by atoms with van der Waals surface area (Å²) in [5.74, 6) is 0.752. The third-order valence-corrected chi connectivity index (χ3v) is 6.97. The van der Waals surface area contributed by atoms with Crippen LogP contribution in [-0.4, -0.2) is 83.2 Å². The van der Waals surface area contributed by atoms with Crippen molar-refractivity contribution in [2.75, 3.05) is 39.3 Å². The van der Waals surface area contributed by atoms with Crippen LogP contribution in [0.25, 0.3) is 0 Å². The molecule has 0 radical (unpaired) electrons. The normalized spacial score (nSPS) is 25.8. The Labute approximate surface area is 185 Å². The smallest absolute Gasteiger partial charge is 0.317 e. The van der Waals surface area contributed by atoms with E-state index in [1.165, 1.54) is 11.1 Å². The van der Waals surface area contributed by atoms with E-state index in [0.29, 0.717) is 32.0 Å². The second-order valence-electron chi connectivity index (χ2n) is 9.53. The minimum Gasteiger partial charge on any atom is -0.390 e. The van der Waals surface area contributed by atoms with Gasteiger partial charge in [0.15, 0.2) is 0 Å². The van der Waals surface area contributed by atoms with Gasteiger partial charge < -0.3 is 20.2 Å². The lowest BCUT2D eigenvalue weighted by molar-refractivity contribution is -0.138. The Morgan fingerprint density at radius 1 is 1.16 bits per heavy atom. The van der Waals surface area contributed by atoms with Crippen LogP contribution in [0.1, 0.15) is 43.7 Å². The Hall–Kier alpha value is -2.12. The van der Waals surface area contributed by atoms with E-state index >= 15 is 0 Å². The summed E-state index contributed by atoms with van der Waals surface area (Å²) < 4.78 is 0. The quantitative estimate of drug-likeness (QED) is 0.750. The standard InChI is InChI=1S/C24H36N4O3/c1-18-8-9-23(30)28(14-18)21-7-4-11-27(16-21)24(31)25-13-22(29)17-26-12-10-19-5-2-3-6-20(19)15-26/h2-3,5-6,18,21-22,29H,4,7-17H2,1H3,(H,25,31)/t18-,21+,22-/m0/s1. The van der Waals surface area contributed by atoms with E-state index in [1.807, 2.05) is 9.80 Å². The molecule has 0 saturated carbocycles. The average molecular weight is 429 g/mol. The summed E-state index contributed by atoms with van der Waals surface area (Å²) in [6, 6.07) is 8.44. The van der Waals surface area contributed by atoms with E-state index in [2.05, 4.69) is 41.4 Å². The monoisotopic (exact) mass is 428 g/mol. The number of aliphatic hydroxyl groups excluding tert-OH is 1. The minimum absolute atomic E-state index is 0.119. The molecule has 7 nitrogen and oxygen atoms in total. The van der Waals surface area contributed by atoms with Gasteiger partial charge in [-0.25, -0.2) is 4.79 Å². The fourth-order valence-corrected chi connectivity index (χ4v) is 5.18. The Bertz CT molecular complexity index is 786. The van der Waals surface area contributed by atoms with Crippen molar-refractivity contribution >= 4 is 11.9 Å². The van der Waals surface area contributed by atoms with Crippen molar-refractivity contribution in [2.24, 2.45) is 5.92 Å². The van der Waals surface area contributed by atoms with Crippen LogP contribution in [0.5, 0.6) is 0 Å². The molecule has 3 heterocycles. The number of aliphatic hydroxyl groups is 1. The highest BCUT2D eigenvalue weighted by Gasteiger charge is 2.33. The number of carbonyl (C=O) groups excluding carboxylic acids is 2. The van der Waals surface area contributed by atoms with Crippen molar-refractivity contribution in [3.63, 3.8) is 0 Å². The molecule has 0 aromatic heterocycles. The van der Waals surface area contributed by atoms with Crippen molar-refractivity contribution in [3.05, 3.63) is 35.4 Å². The topological polar surface area (TPSA) is 76.1 Å². The van der Waals surface area contributed by atoms with Gasteiger partial charge in [-0.2, -0.15) is 0 Å². The van der Waals surface area contributed by atoms with E-state index in [0.717, 1.165) is 45.3 Å². The number of piperidine rings is 2. The van der Waals surface area contributed by atoms with Crippen molar-refractivity contribution in [1.82, 2.24) is 20.0 Å². The molecule has 2 N–H and O–H groups in total. The fourth-order valence-electron chi connectivity index (χ4n) is 5.18. The van der Waals surface area contributed by atoms with Crippen LogP contribution in [0.3, 0.4) is 0 Å². The summed E-state index contributed by atoms with van der Waals surface area (Å²) in [5, 5.41) is 13.4. The summed E-state index contributed by atoms with van der Waals surface area (Å²) in [6.07, 6.45) is 3.86. The average Bonchev–Trinajstić information content (AvgIpc) is 2.79. The van der Waals surface area contributed by atoms with Gasteiger partial charge in [0, 0.05) is 58.3 Å². The first kappa shape index (κ1) is 22.1. The third-order valence-electron chi connectivity index (χ3n) is 6.97. The van der Waals surface area contributed by atoms with E-state index in [1.54, 1.807) is 0 Å². The highest BCUT2D eigenvalue weighted by molar-refractivity contribution is 5.78. The largest absolute Gasteiger partial charge is 0.390 e. The molecule has 3 aliphatic rings. The zero-order valence-corrected chi connectivity index (χ0v) is 18.6. The molecule has 3 aliphatic heterocycles. The van der Waals surface area contributed by atoms with Gasteiger partial charge in [0.25, 0.3) is 0 Å². The van der Waals surface area contributed by atoms with Crippen molar-refractivity contribution in [3.8, 4) is 0 Å². The first-order valence-corrected chi connectivity index (χ1v) is 11.8. The van der Waals surface area contributed by atoms with Crippen LogP contribution in [0.4, 0.5) is 4.79 Å². The molecule has 0 spiro atoms. The Balaban J connectivity index is 1.22. The number of fused-ring (bicyclic) bond motifs is 1. The summed E-state index contributed by atoms with van der Waals surface area (Å²) >= 11 is 0. The SMILES string of the molecule is C[C@H]1CCC(=O)N([C@@H]2CCCN(C(=O)NC[C@H](O)CN3CCc4ccccc4C3)C2)C1. The van der Waals surface area contributed by atoms with Gasteiger partial charge in [-0.1, -0.05) is 31.2 Å². The zero-order chi connectivity index (χ0) is 21.8. The summed E-state index contributed by atoms with van der Waals surface area (Å²) in [6.45, 7) is 6.86. The molecule has 170 valence electrons. The molecule has 1 aromatic rings. The third kappa shape index (κ3) is 5.57. The molecule has 1 aromatic carbocycles. The van der Waals surface area contributed by atoms with E-state index in [4.69, 9.17) is 0 Å². The first-order valence-electron chi connectivity index (χ1n) is 11.8. The Morgan fingerprint density at radius 2 is 1.97 bits per heavy atom. The van der Waals surface area contributed by atoms with E-state index < -0.39 is 6.10 Å². The summed E-state index contributed by atoms with van der Waals surface area (Å²) in [7, 11) is 0. The molecule has 0 bridgehead atoms. The second kappa shape index (κ2) is 10.0. The lowest BCUT2D eigenvalue weighted by Gasteiger charge is -2.42. The van der Waals surface area contributed by atoms with Crippen molar-refractivity contribution < 1.29 is 14.7 Å². The maximum atomic E-state index is 12.7. The minimum atomic E-state index is -0.598. The molecular weight excluding hydrogens is 392 g/mol. The van der Waals surface area contributed by atoms with E-state index in [9.17, 15) is 14.7 Å². The Morgan fingerprint density at radius 3 is 2.81 bits per heavy atom. The number of benzene rings is 1. The van der Waals surface area contributed by atoms with Gasteiger partial charge in [-0.05, 0) is 42.7 Å². The van der Waals surface area contributed by atoms with Gasteiger partial charge in [0.1, 0.15) is 0 Å². The number of β-amino-alcohol motifs (C(OH)–C–C–N with tert-alkyl or cyclic N) is 1. The number of rotatable bonds is 5. The number of hydrogen-bond acceptors (Lipinski definition) is 4. The molecular formula is C24H36N4O3. The first-order chi connectivity index (χ1) is 15.0. The summed E-state index contributed by atoms with van der Waals surface area (Å²) in [4.78, 5) is 31.1. The lowest BCUT2D eigenvalue weighted by Crippen LogP contribution is -2.56. The molecule has 3 amide bonds. The number of amides is 3. The van der Waals surface area contributed by atoms with Crippen LogP contribution in [0.2, 0.25) is 0 Å². The van der Waals surface area contributed by atoms with Crippen LogP contribution in [0, 0.1) is 5.92 Å². The maximum absolute atomic E-state index is 12.7. The number of nitrogens with one attached hydrogen (secondary N) is 1. The van der Waals surface area contributed by atoms with Gasteiger partial charge >= 0.3 is 6.03 Å². The zero-order valence-electron chi connectivity index (χ0n) is 18.6. The molecule has 31 heavy (non-hydrogen) atoms. The van der Waals surface area contributed by atoms with Crippen LogP contribution in [-0.2, 0) is 17.8 Å². The molecule has 2 fully saturated rings. The Kier molecular flexibility index (Phi) is 7.13. The number of hydrogen-bond donors (Lipinski definition) is 2. The summed E-state index contributed by atoms with van der Waals surface area (Å²) in [5.41, 5.74) is 2.72. The molecule has 3 atom stereocenters. The van der Waals surface area contributed by atoms with Gasteiger partial charge in [-0.3, -0.25) is 9.69 Å². The highest BCUT2D eigenvalue weighted by Crippen LogP contribution is 2.24. The molecule has 2 saturated heterocycles. The number of nitrogens with zero attached hydrogens (tertiary/aromatic N) is 3. The van der Waals surface area contributed by atoms with Crippen molar-refractivity contribution in [2.45, 2.75) is 57.7 Å². The van der Waals surface area contributed by atoms with Gasteiger partial charge in [0.05, 0.1) is 6.10 Å². The predicted molar refractivity (Wildman–Crippen MR) is 120 cm³/mol. The molecule has 4 rings (SSSR count). The van der Waals surface area contributed by atoms with E-state index in [-0.39, 0.29) is 24.5 Å². The highest BCUT2D eigenvalue weighted by atomic mass is 16.3.